The molecule has 0 radical (unpaired) electrons. The van der Waals surface area contributed by atoms with Crippen LogP contribution in [0.15, 0.2) is 71.6 Å². The van der Waals surface area contributed by atoms with Gasteiger partial charge in [0.05, 0.1) is 16.6 Å². The molecule has 4 aromatic rings. The Bertz CT molecular complexity index is 1360. The Morgan fingerprint density at radius 2 is 1.78 bits per heavy atom. The average Bonchev–Trinajstić information content (AvgIpc) is 3.20. The van der Waals surface area contributed by atoms with Crippen molar-refractivity contribution in [1.82, 2.24) is 14.9 Å². The molecule has 0 unspecified atom stereocenters. The van der Waals surface area contributed by atoms with Crippen LogP contribution in [0.1, 0.15) is 59.7 Å². The predicted molar refractivity (Wildman–Crippen MR) is 138 cm³/mol. The first kappa shape index (κ1) is 25.8. The molecule has 0 bridgehead atoms. The Kier molecular flexibility index (Phi) is 7.73. The predicted octanol–water partition coefficient (Wildman–Crippen LogP) is 7.27. The largest absolute Gasteiger partial charge is 0.416 e. The fourth-order valence-corrected chi connectivity index (χ4v) is 4.85. The summed E-state index contributed by atoms with van der Waals surface area (Å²) in [5.74, 6) is 1.46. The number of carbonyl (C=O) groups excluding carboxylic acids is 1. The first-order valence-corrected chi connectivity index (χ1v) is 12.8. The van der Waals surface area contributed by atoms with Crippen molar-refractivity contribution in [3.05, 3.63) is 94.8 Å². The van der Waals surface area contributed by atoms with E-state index in [-0.39, 0.29) is 18.4 Å². The quantitative estimate of drug-likeness (QED) is 0.253. The average molecular weight is 512 g/mol. The molecule has 4 rings (SSSR count). The first-order chi connectivity index (χ1) is 17.2. The molecule has 0 fully saturated rings. The number of amides is 1. The summed E-state index contributed by atoms with van der Waals surface area (Å²) in [6.45, 7) is 6.52. The lowest BCUT2D eigenvalue weighted by atomic mass is 10.1. The number of benzene rings is 3. The van der Waals surface area contributed by atoms with E-state index >= 15 is 0 Å². The highest BCUT2D eigenvalue weighted by molar-refractivity contribution is 7.99. The van der Waals surface area contributed by atoms with Gasteiger partial charge in [0.25, 0.3) is 5.91 Å². The number of aromatic nitrogens is 2. The number of rotatable bonds is 8. The van der Waals surface area contributed by atoms with Crippen LogP contribution in [-0.2, 0) is 19.1 Å². The van der Waals surface area contributed by atoms with E-state index in [2.05, 4.69) is 12.2 Å². The molecule has 188 valence electrons. The van der Waals surface area contributed by atoms with Gasteiger partial charge in [0, 0.05) is 29.5 Å². The molecule has 0 aliphatic heterocycles. The molecule has 1 aromatic heterocycles. The summed E-state index contributed by atoms with van der Waals surface area (Å²) in [5, 5.41) is 2.95. The number of hydrogen-bond donors (Lipinski definition) is 1. The second-order valence-electron chi connectivity index (χ2n) is 8.83. The van der Waals surface area contributed by atoms with Gasteiger partial charge < -0.3 is 9.88 Å². The lowest BCUT2D eigenvalue weighted by Crippen LogP contribution is -2.22. The minimum Gasteiger partial charge on any atom is -0.348 e. The van der Waals surface area contributed by atoms with E-state index in [1.807, 2.05) is 48.7 Å². The summed E-state index contributed by atoms with van der Waals surface area (Å²) in [7, 11) is 0. The van der Waals surface area contributed by atoms with E-state index < -0.39 is 11.7 Å². The van der Waals surface area contributed by atoms with Crippen molar-refractivity contribution in [2.45, 2.75) is 50.9 Å². The van der Waals surface area contributed by atoms with E-state index in [0.29, 0.717) is 29.0 Å². The number of alkyl halides is 3. The lowest BCUT2D eigenvalue weighted by molar-refractivity contribution is -0.137. The van der Waals surface area contributed by atoms with Crippen LogP contribution in [0.2, 0.25) is 0 Å². The van der Waals surface area contributed by atoms with Crippen molar-refractivity contribution in [1.29, 1.82) is 0 Å². The van der Waals surface area contributed by atoms with Crippen molar-refractivity contribution in [2.75, 3.05) is 5.75 Å². The summed E-state index contributed by atoms with van der Waals surface area (Å²) in [6, 6.07) is 18.8. The third-order valence-corrected chi connectivity index (χ3v) is 6.74. The summed E-state index contributed by atoms with van der Waals surface area (Å²) < 4.78 is 41.5. The fourth-order valence-electron chi connectivity index (χ4n) is 4.19. The van der Waals surface area contributed by atoms with Crippen LogP contribution < -0.4 is 5.32 Å². The third kappa shape index (κ3) is 5.93. The van der Waals surface area contributed by atoms with Gasteiger partial charge in [0.1, 0.15) is 5.82 Å². The van der Waals surface area contributed by atoms with E-state index in [1.165, 1.54) is 11.0 Å². The van der Waals surface area contributed by atoms with Crippen LogP contribution in [-0.4, -0.2) is 21.2 Å². The molecule has 1 amide bonds. The van der Waals surface area contributed by atoms with E-state index in [0.717, 1.165) is 29.0 Å². The number of halogens is 3. The third-order valence-electron chi connectivity index (χ3n) is 5.85. The first-order valence-electron chi connectivity index (χ1n) is 11.8. The van der Waals surface area contributed by atoms with Crippen LogP contribution in [0.25, 0.3) is 11.0 Å². The molecule has 3 aromatic carbocycles. The summed E-state index contributed by atoms with van der Waals surface area (Å²) in [6.07, 6.45) is -4.14. The van der Waals surface area contributed by atoms with Crippen LogP contribution in [0.4, 0.5) is 13.2 Å². The van der Waals surface area contributed by atoms with Crippen LogP contribution in [0, 0.1) is 0 Å². The number of carbonyl (C=O) groups is 1. The fraction of sp³-hybridized carbons (Fsp3) is 0.286. The zero-order chi connectivity index (χ0) is 25.9. The molecule has 1 N–H and O–H groups in total. The Morgan fingerprint density at radius 1 is 1.03 bits per heavy atom. The molecular weight excluding hydrogens is 483 g/mol. The summed E-state index contributed by atoms with van der Waals surface area (Å²) >= 11 is 1.77. The van der Waals surface area contributed by atoms with Gasteiger partial charge in [0.15, 0.2) is 0 Å². The molecule has 1 heterocycles. The number of imidazole rings is 1. The summed E-state index contributed by atoms with van der Waals surface area (Å²) in [4.78, 5) is 18.7. The standard InChI is InChI=1S/C28H28F3N3OS/c1-4-36-23-11-8-19(9-12-23)17-32-27(35)21-10-13-25-24(16-21)33-26(34(25)18(2)3)15-20-6-5-7-22(14-20)28(29,30)31/h5-14,16,18H,4,15,17H2,1-3H3,(H,32,35). The molecule has 0 saturated heterocycles. The summed E-state index contributed by atoms with van der Waals surface area (Å²) in [5.41, 5.74) is 2.83. The Morgan fingerprint density at radius 3 is 2.44 bits per heavy atom. The van der Waals surface area contributed by atoms with Crippen molar-refractivity contribution in [3.63, 3.8) is 0 Å². The lowest BCUT2D eigenvalue weighted by Gasteiger charge is -2.14. The monoisotopic (exact) mass is 511 g/mol. The van der Waals surface area contributed by atoms with Gasteiger partial charge in [-0.3, -0.25) is 4.79 Å². The molecular formula is C28H28F3N3OS. The van der Waals surface area contributed by atoms with Crippen LogP contribution in [0.3, 0.4) is 0 Å². The maximum Gasteiger partial charge on any atom is 0.416 e. The second kappa shape index (κ2) is 10.8. The SMILES string of the molecule is CCSc1ccc(CNC(=O)c2ccc3c(c2)nc(Cc2cccc(C(F)(F)F)c2)n3C(C)C)cc1. The molecule has 0 spiro atoms. The number of fused-ring (bicyclic) bond motifs is 1. The Labute approximate surface area is 212 Å². The van der Waals surface area contributed by atoms with Crippen molar-refractivity contribution < 1.29 is 18.0 Å². The van der Waals surface area contributed by atoms with Gasteiger partial charge in [0.2, 0.25) is 0 Å². The number of nitrogens with one attached hydrogen (secondary N) is 1. The maximum absolute atomic E-state index is 13.2. The smallest absolute Gasteiger partial charge is 0.348 e. The van der Waals surface area contributed by atoms with Crippen LogP contribution >= 0.6 is 11.8 Å². The highest BCUT2D eigenvalue weighted by atomic mass is 32.2. The topological polar surface area (TPSA) is 46.9 Å². The normalized spacial score (nSPS) is 11.9. The molecule has 0 atom stereocenters. The van der Waals surface area contributed by atoms with E-state index in [9.17, 15) is 18.0 Å². The van der Waals surface area contributed by atoms with Crippen molar-refractivity contribution >= 4 is 28.7 Å². The number of hydrogen-bond acceptors (Lipinski definition) is 3. The zero-order valence-corrected chi connectivity index (χ0v) is 21.2. The molecule has 8 heteroatoms. The van der Waals surface area contributed by atoms with Gasteiger partial charge in [-0.15, -0.1) is 11.8 Å². The minimum atomic E-state index is -4.40. The molecule has 4 nitrogen and oxygen atoms in total. The highest BCUT2D eigenvalue weighted by Crippen LogP contribution is 2.31. The Balaban J connectivity index is 1.55. The highest BCUT2D eigenvalue weighted by Gasteiger charge is 2.30. The van der Waals surface area contributed by atoms with Gasteiger partial charge in [-0.1, -0.05) is 37.3 Å². The maximum atomic E-state index is 13.2. The number of thioether (sulfide) groups is 1. The van der Waals surface area contributed by atoms with Gasteiger partial charge >= 0.3 is 6.18 Å². The van der Waals surface area contributed by atoms with E-state index in [4.69, 9.17) is 4.98 Å². The minimum absolute atomic E-state index is 0.0457. The molecule has 0 aliphatic rings. The zero-order valence-electron chi connectivity index (χ0n) is 20.4. The second-order valence-corrected chi connectivity index (χ2v) is 10.2. The number of nitrogens with zero attached hydrogens (tertiary/aromatic N) is 2. The molecule has 36 heavy (non-hydrogen) atoms. The van der Waals surface area contributed by atoms with Gasteiger partial charge in [-0.25, -0.2) is 4.98 Å². The van der Waals surface area contributed by atoms with E-state index in [1.54, 1.807) is 30.0 Å². The van der Waals surface area contributed by atoms with Gasteiger partial charge in [-0.2, -0.15) is 13.2 Å². The Hall–Kier alpha value is -3.26. The van der Waals surface area contributed by atoms with Gasteiger partial charge in [-0.05, 0) is 67.1 Å². The van der Waals surface area contributed by atoms with Crippen molar-refractivity contribution in [2.24, 2.45) is 0 Å². The molecule has 0 aliphatic carbocycles. The van der Waals surface area contributed by atoms with Crippen LogP contribution in [0.5, 0.6) is 0 Å². The molecule has 0 saturated carbocycles. The van der Waals surface area contributed by atoms with Crippen molar-refractivity contribution in [3.8, 4) is 0 Å².